The fourth-order valence-corrected chi connectivity index (χ4v) is 4.26. The standard InChI is InChI=1S/C19H16N2O2S2/c1-21(11-15-9-13-5-2-3-6-16(13)23-15)18(22)10-14-12-25-19(20-14)17-7-4-8-24-17/h2-9,12H,10-11H2,1H3. The molecule has 1 aromatic carbocycles. The molecule has 0 atom stereocenters. The van der Waals surface area contributed by atoms with Crippen LogP contribution in [0, 0.1) is 0 Å². The van der Waals surface area contributed by atoms with Gasteiger partial charge in [-0.3, -0.25) is 4.79 Å². The van der Waals surface area contributed by atoms with Crippen molar-refractivity contribution in [2.75, 3.05) is 7.05 Å². The average Bonchev–Trinajstić information content (AvgIpc) is 3.34. The third-order valence-corrected chi connectivity index (χ3v) is 5.84. The van der Waals surface area contributed by atoms with Crippen LogP contribution >= 0.6 is 22.7 Å². The van der Waals surface area contributed by atoms with Crippen LogP contribution in [0.4, 0.5) is 0 Å². The zero-order valence-electron chi connectivity index (χ0n) is 13.6. The number of fused-ring (bicyclic) bond motifs is 1. The minimum atomic E-state index is 0.0310. The molecule has 0 fully saturated rings. The molecule has 1 amide bonds. The summed E-state index contributed by atoms with van der Waals surface area (Å²) in [6.07, 6.45) is 0.304. The number of hydrogen-bond acceptors (Lipinski definition) is 5. The minimum Gasteiger partial charge on any atom is -0.459 e. The summed E-state index contributed by atoms with van der Waals surface area (Å²) < 4.78 is 5.79. The highest BCUT2D eigenvalue weighted by Gasteiger charge is 2.15. The van der Waals surface area contributed by atoms with Crippen molar-refractivity contribution in [2.45, 2.75) is 13.0 Å². The first-order valence-electron chi connectivity index (χ1n) is 7.89. The second-order valence-electron chi connectivity index (χ2n) is 5.80. The number of amides is 1. The molecule has 3 heterocycles. The summed E-state index contributed by atoms with van der Waals surface area (Å²) in [5.41, 5.74) is 1.66. The maximum atomic E-state index is 12.5. The Kier molecular flexibility index (Phi) is 4.38. The third-order valence-electron chi connectivity index (χ3n) is 3.91. The highest BCUT2D eigenvalue weighted by Crippen LogP contribution is 2.28. The van der Waals surface area contributed by atoms with E-state index in [1.807, 2.05) is 53.2 Å². The van der Waals surface area contributed by atoms with Crippen molar-refractivity contribution >= 4 is 39.5 Å². The molecule has 0 aliphatic rings. The Labute approximate surface area is 153 Å². The van der Waals surface area contributed by atoms with Gasteiger partial charge in [0, 0.05) is 17.8 Å². The van der Waals surface area contributed by atoms with Crippen LogP contribution in [-0.4, -0.2) is 22.8 Å². The number of thiazole rings is 1. The minimum absolute atomic E-state index is 0.0310. The number of carbonyl (C=O) groups excluding carboxylic acids is 1. The van der Waals surface area contributed by atoms with Crippen molar-refractivity contribution in [2.24, 2.45) is 0 Å². The van der Waals surface area contributed by atoms with Gasteiger partial charge in [-0.15, -0.1) is 22.7 Å². The van der Waals surface area contributed by atoms with E-state index in [1.165, 1.54) is 0 Å². The number of furan rings is 1. The van der Waals surface area contributed by atoms with E-state index >= 15 is 0 Å². The summed E-state index contributed by atoms with van der Waals surface area (Å²) >= 11 is 3.24. The van der Waals surface area contributed by atoms with E-state index in [9.17, 15) is 4.79 Å². The van der Waals surface area contributed by atoms with E-state index in [0.29, 0.717) is 13.0 Å². The molecule has 3 aromatic heterocycles. The monoisotopic (exact) mass is 368 g/mol. The Morgan fingerprint density at radius 2 is 2.08 bits per heavy atom. The highest BCUT2D eigenvalue weighted by atomic mass is 32.1. The molecule has 4 aromatic rings. The molecular weight excluding hydrogens is 352 g/mol. The number of rotatable bonds is 5. The van der Waals surface area contributed by atoms with Gasteiger partial charge in [0.15, 0.2) is 0 Å². The van der Waals surface area contributed by atoms with Crippen LogP contribution in [-0.2, 0) is 17.8 Å². The Morgan fingerprint density at radius 3 is 2.88 bits per heavy atom. The molecule has 0 radical (unpaired) electrons. The van der Waals surface area contributed by atoms with Gasteiger partial charge in [-0.05, 0) is 23.6 Å². The molecule has 4 rings (SSSR count). The van der Waals surface area contributed by atoms with Gasteiger partial charge in [0.2, 0.25) is 5.91 Å². The fourth-order valence-electron chi connectivity index (χ4n) is 2.63. The average molecular weight is 368 g/mol. The van der Waals surface area contributed by atoms with Crippen LogP contribution in [0.15, 0.2) is 57.6 Å². The molecular formula is C19H16N2O2S2. The lowest BCUT2D eigenvalue weighted by Crippen LogP contribution is -2.27. The van der Waals surface area contributed by atoms with E-state index in [1.54, 1.807) is 34.6 Å². The lowest BCUT2D eigenvalue weighted by molar-refractivity contribution is -0.129. The molecule has 0 spiro atoms. The van der Waals surface area contributed by atoms with Crippen LogP contribution in [0.2, 0.25) is 0 Å². The van der Waals surface area contributed by atoms with Gasteiger partial charge >= 0.3 is 0 Å². The van der Waals surface area contributed by atoms with E-state index in [0.717, 1.165) is 32.3 Å². The van der Waals surface area contributed by atoms with Gasteiger partial charge in [-0.25, -0.2) is 4.98 Å². The van der Waals surface area contributed by atoms with E-state index in [4.69, 9.17) is 4.42 Å². The predicted molar refractivity (Wildman–Crippen MR) is 102 cm³/mol. The molecule has 0 N–H and O–H groups in total. The van der Waals surface area contributed by atoms with Crippen LogP contribution in [0.25, 0.3) is 20.9 Å². The predicted octanol–water partition coefficient (Wildman–Crippen LogP) is 4.82. The van der Waals surface area contributed by atoms with Crippen molar-refractivity contribution in [3.05, 3.63) is 64.7 Å². The number of carbonyl (C=O) groups is 1. The normalized spacial score (nSPS) is 11.1. The number of hydrogen-bond donors (Lipinski definition) is 0. The summed E-state index contributed by atoms with van der Waals surface area (Å²) in [4.78, 5) is 19.9. The third kappa shape index (κ3) is 3.50. The van der Waals surface area contributed by atoms with E-state index in [2.05, 4.69) is 4.98 Å². The topological polar surface area (TPSA) is 46.3 Å². The van der Waals surface area contributed by atoms with Crippen molar-refractivity contribution in [3.63, 3.8) is 0 Å². The Hall–Kier alpha value is -2.44. The van der Waals surface area contributed by atoms with E-state index < -0.39 is 0 Å². The molecule has 0 saturated heterocycles. The number of thiophene rings is 1. The SMILES string of the molecule is CN(Cc1cc2ccccc2o1)C(=O)Cc1csc(-c2cccs2)n1. The second-order valence-corrected chi connectivity index (χ2v) is 7.60. The van der Waals surface area contributed by atoms with Crippen LogP contribution < -0.4 is 0 Å². The number of para-hydroxylation sites is 1. The number of benzene rings is 1. The van der Waals surface area contributed by atoms with Crippen LogP contribution in [0.5, 0.6) is 0 Å². The van der Waals surface area contributed by atoms with Crippen molar-refractivity contribution in [1.82, 2.24) is 9.88 Å². The maximum Gasteiger partial charge on any atom is 0.228 e. The lowest BCUT2D eigenvalue weighted by atomic mass is 10.2. The molecule has 0 aliphatic heterocycles. The summed E-state index contributed by atoms with van der Waals surface area (Å²) in [6.45, 7) is 0.454. The van der Waals surface area contributed by atoms with E-state index in [-0.39, 0.29) is 5.91 Å². The summed E-state index contributed by atoms with van der Waals surface area (Å²) in [5.74, 6) is 0.818. The second kappa shape index (κ2) is 6.82. The van der Waals surface area contributed by atoms with Crippen molar-refractivity contribution in [1.29, 1.82) is 0 Å². The molecule has 0 unspecified atom stereocenters. The molecule has 4 nitrogen and oxygen atoms in total. The number of likely N-dealkylation sites (N-methyl/N-ethyl adjacent to an activating group) is 1. The van der Waals surface area contributed by atoms with Gasteiger partial charge < -0.3 is 9.32 Å². The van der Waals surface area contributed by atoms with Crippen LogP contribution in [0.1, 0.15) is 11.5 Å². The summed E-state index contributed by atoms with van der Waals surface area (Å²) in [7, 11) is 1.79. The maximum absolute atomic E-state index is 12.5. The molecule has 0 bridgehead atoms. The van der Waals surface area contributed by atoms with Gasteiger partial charge in [0.05, 0.1) is 23.5 Å². The Bertz CT molecular complexity index is 968. The van der Waals surface area contributed by atoms with Crippen LogP contribution in [0.3, 0.4) is 0 Å². The zero-order valence-corrected chi connectivity index (χ0v) is 15.3. The number of nitrogens with zero attached hydrogens (tertiary/aromatic N) is 2. The first-order valence-corrected chi connectivity index (χ1v) is 9.64. The van der Waals surface area contributed by atoms with Crippen molar-refractivity contribution in [3.8, 4) is 9.88 Å². The van der Waals surface area contributed by atoms with Gasteiger partial charge in [0.25, 0.3) is 0 Å². The zero-order chi connectivity index (χ0) is 17.2. The van der Waals surface area contributed by atoms with Gasteiger partial charge in [-0.2, -0.15) is 0 Å². The first-order chi connectivity index (χ1) is 12.2. The van der Waals surface area contributed by atoms with Gasteiger partial charge in [-0.1, -0.05) is 24.3 Å². The summed E-state index contributed by atoms with van der Waals surface area (Å²) in [5, 5.41) is 6.01. The molecule has 6 heteroatoms. The summed E-state index contributed by atoms with van der Waals surface area (Å²) in [6, 6.07) is 13.9. The molecule has 126 valence electrons. The molecule has 0 saturated carbocycles. The van der Waals surface area contributed by atoms with Gasteiger partial charge in [0.1, 0.15) is 16.4 Å². The lowest BCUT2D eigenvalue weighted by Gasteiger charge is -2.14. The quantitative estimate of drug-likeness (QED) is 0.507. The smallest absolute Gasteiger partial charge is 0.228 e. The fraction of sp³-hybridized carbons (Fsp3) is 0.158. The van der Waals surface area contributed by atoms with Crippen molar-refractivity contribution < 1.29 is 9.21 Å². The molecule has 25 heavy (non-hydrogen) atoms. The molecule has 0 aliphatic carbocycles. The highest BCUT2D eigenvalue weighted by molar-refractivity contribution is 7.20. The Morgan fingerprint density at radius 1 is 1.20 bits per heavy atom. The Balaban J connectivity index is 1.42. The number of aromatic nitrogens is 1. The first kappa shape index (κ1) is 16.1. The largest absolute Gasteiger partial charge is 0.459 e.